The van der Waals surface area contributed by atoms with Crippen LogP contribution in [0.4, 0.5) is 0 Å². The van der Waals surface area contributed by atoms with E-state index in [1.54, 1.807) is 0 Å². The average molecular weight is 251 g/mol. The highest BCUT2D eigenvalue weighted by molar-refractivity contribution is 5.90. The molecule has 1 unspecified atom stereocenters. The Labute approximate surface area is 97.6 Å². The minimum Gasteiger partial charge on any atom is -0.449 e. The Bertz CT molecular complexity index is 268. The molecular formula is C9H17NO7. The third-order valence-electron chi connectivity index (χ3n) is 1.96. The van der Waals surface area contributed by atoms with E-state index in [1.165, 1.54) is 0 Å². The van der Waals surface area contributed by atoms with Gasteiger partial charge in [-0.3, -0.25) is 4.79 Å². The minimum absolute atomic E-state index is 0.695. The Balaban J connectivity index is 4.77. The van der Waals surface area contributed by atoms with E-state index in [0.717, 1.165) is 6.92 Å². The maximum absolute atomic E-state index is 11.5. The first-order valence-corrected chi connectivity index (χ1v) is 4.92. The van der Waals surface area contributed by atoms with E-state index >= 15 is 0 Å². The molecule has 0 radical (unpaired) electrons. The first-order chi connectivity index (χ1) is 7.84. The number of Topliss-reactive ketones (excluding diaryl/α,β-unsaturated/α-hetero) is 1. The molecule has 17 heavy (non-hydrogen) atoms. The summed E-state index contributed by atoms with van der Waals surface area (Å²) >= 11 is 0. The molecule has 0 fully saturated rings. The smallest absolute Gasteiger partial charge is 0.335 e. The summed E-state index contributed by atoms with van der Waals surface area (Å²) in [6, 6.07) is -1.34. The molecule has 0 heterocycles. The number of carbonyl (C=O) groups excluding carboxylic acids is 2. The summed E-state index contributed by atoms with van der Waals surface area (Å²) in [4.78, 5) is 22.6. The van der Waals surface area contributed by atoms with Crippen LogP contribution in [0.1, 0.15) is 6.92 Å². The van der Waals surface area contributed by atoms with Crippen LogP contribution in [0.3, 0.4) is 0 Å². The lowest BCUT2D eigenvalue weighted by atomic mass is 10.0. The highest BCUT2D eigenvalue weighted by atomic mass is 16.6. The van der Waals surface area contributed by atoms with E-state index < -0.39 is 49.3 Å². The van der Waals surface area contributed by atoms with Crippen molar-refractivity contribution < 1.29 is 34.8 Å². The number of carbonyl (C=O) groups is 2. The van der Waals surface area contributed by atoms with E-state index in [9.17, 15) is 14.7 Å². The number of ketones is 1. The van der Waals surface area contributed by atoms with Crippen molar-refractivity contribution in [1.82, 2.24) is 0 Å². The van der Waals surface area contributed by atoms with Gasteiger partial charge in [0.25, 0.3) is 0 Å². The monoisotopic (exact) mass is 251 g/mol. The van der Waals surface area contributed by atoms with Crippen LogP contribution in [0.2, 0.25) is 0 Å². The number of aliphatic hydroxyl groups excluding tert-OH is 4. The summed E-state index contributed by atoms with van der Waals surface area (Å²) in [6.07, 6.45) is -4.87. The first kappa shape index (κ1) is 15.9. The van der Waals surface area contributed by atoms with Crippen LogP contribution in [-0.4, -0.2) is 69.7 Å². The Morgan fingerprint density at radius 1 is 1.24 bits per heavy atom. The molecule has 0 aliphatic rings. The molecule has 0 aromatic rings. The van der Waals surface area contributed by atoms with E-state index in [0.29, 0.717) is 0 Å². The third-order valence-corrected chi connectivity index (χ3v) is 1.96. The quantitative estimate of drug-likeness (QED) is 0.293. The largest absolute Gasteiger partial charge is 0.449 e. The van der Waals surface area contributed by atoms with E-state index in [1.807, 2.05) is 0 Å². The van der Waals surface area contributed by atoms with Crippen molar-refractivity contribution >= 4 is 11.8 Å². The van der Waals surface area contributed by atoms with Crippen LogP contribution in [0, 0.1) is 0 Å². The molecule has 8 heteroatoms. The second kappa shape index (κ2) is 7.30. The van der Waals surface area contributed by atoms with Crippen LogP contribution >= 0.6 is 0 Å². The lowest BCUT2D eigenvalue weighted by Crippen LogP contribution is -2.50. The standard InChI is InChI=1S/C9H17NO7/c1-4(13)9(16)17-8(6(14)3-12)7(15)5(10)2-11/h4-6,8,11-14H,2-3,10H2,1H3/t4?,5-,6+,8+/m0/s1. The van der Waals surface area contributed by atoms with Crippen molar-refractivity contribution in [2.24, 2.45) is 5.73 Å². The molecule has 0 saturated heterocycles. The first-order valence-electron chi connectivity index (χ1n) is 4.92. The lowest BCUT2D eigenvalue weighted by Gasteiger charge is -2.23. The molecule has 0 saturated carbocycles. The van der Waals surface area contributed by atoms with Gasteiger partial charge in [-0.2, -0.15) is 0 Å². The van der Waals surface area contributed by atoms with Crippen LogP contribution in [0.25, 0.3) is 0 Å². The summed E-state index contributed by atoms with van der Waals surface area (Å²) in [5.41, 5.74) is 5.22. The van der Waals surface area contributed by atoms with E-state index in [2.05, 4.69) is 4.74 Å². The van der Waals surface area contributed by atoms with Gasteiger partial charge in [-0.25, -0.2) is 4.79 Å². The van der Waals surface area contributed by atoms with Gasteiger partial charge in [-0.05, 0) is 6.92 Å². The molecule has 0 aromatic heterocycles. The maximum Gasteiger partial charge on any atom is 0.335 e. The molecule has 4 atom stereocenters. The van der Waals surface area contributed by atoms with Gasteiger partial charge in [0.05, 0.1) is 19.3 Å². The Kier molecular flexibility index (Phi) is 6.85. The molecule has 8 nitrogen and oxygen atoms in total. The van der Waals surface area contributed by atoms with E-state index in [4.69, 9.17) is 21.1 Å². The van der Waals surface area contributed by atoms with Gasteiger partial charge in [-0.1, -0.05) is 0 Å². The zero-order valence-electron chi connectivity index (χ0n) is 9.31. The van der Waals surface area contributed by atoms with Gasteiger partial charge in [0, 0.05) is 0 Å². The zero-order valence-corrected chi connectivity index (χ0v) is 9.31. The normalized spacial score (nSPS) is 18.0. The number of nitrogens with two attached hydrogens (primary N) is 1. The minimum atomic E-state index is -1.72. The van der Waals surface area contributed by atoms with Gasteiger partial charge < -0.3 is 30.9 Å². The van der Waals surface area contributed by atoms with Crippen LogP contribution < -0.4 is 5.73 Å². The van der Waals surface area contributed by atoms with Crippen molar-refractivity contribution in [2.45, 2.75) is 31.3 Å². The summed E-state index contributed by atoms with van der Waals surface area (Å²) in [6.45, 7) is -0.414. The topological polar surface area (TPSA) is 150 Å². The summed E-state index contributed by atoms with van der Waals surface area (Å²) in [5.74, 6) is -2.08. The number of ether oxygens (including phenoxy) is 1. The highest BCUT2D eigenvalue weighted by Crippen LogP contribution is 2.05. The number of aliphatic hydroxyl groups is 4. The van der Waals surface area contributed by atoms with Crippen molar-refractivity contribution in [3.8, 4) is 0 Å². The fourth-order valence-corrected chi connectivity index (χ4v) is 0.947. The van der Waals surface area contributed by atoms with Crippen molar-refractivity contribution in [1.29, 1.82) is 0 Å². The second-order valence-electron chi connectivity index (χ2n) is 3.47. The molecule has 0 bridgehead atoms. The van der Waals surface area contributed by atoms with Crippen molar-refractivity contribution in [3.63, 3.8) is 0 Å². The van der Waals surface area contributed by atoms with Crippen LogP contribution in [0.15, 0.2) is 0 Å². The Morgan fingerprint density at radius 2 is 1.76 bits per heavy atom. The molecule has 0 amide bonds. The van der Waals surface area contributed by atoms with Crippen molar-refractivity contribution in [3.05, 3.63) is 0 Å². The van der Waals surface area contributed by atoms with Gasteiger partial charge >= 0.3 is 5.97 Å². The van der Waals surface area contributed by atoms with Crippen LogP contribution in [0.5, 0.6) is 0 Å². The number of rotatable bonds is 7. The molecule has 0 spiro atoms. The van der Waals surface area contributed by atoms with E-state index in [-0.39, 0.29) is 0 Å². The predicted molar refractivity (Wildman–Crippen MR) is 54.7 cm³/mol. The highest BCUT2D eigenvalue weighted by Gasteiger charge is 2.34. The molecule has 100 valence electrons. The third kappa shape index (κ3) is 4.75. The molecule has 0 aromatic carbocycles. The molecular weight excluding hydrogens is 234 g/mol. The number of hydrogen-bond acceptors (Lipinski definition) is 8. The predicted octanol–water partition coefficient (Wildman–Crippen LogP) is -3.48. The summed E-state index contributed by atoms with van der Waals surface area (Å²) in [7, 11) is 0. The molecule has 0 aliphatic carbocycles. The van der Waals surface area contributed by atoms with Gasteiger partial charge in [0.15, 0.2) is 11.9 Å². The number of esters is 1. The molecule has 0 rings (SSSR count). The van der Waals surface area contributed by atoms with Gasteiger partial charge in [-0.15, -0.1) is 0 Å². The Morgan fingerprint density at radius 3 is 2.12 bits per heavy atom. The van der Waals surface area contributed by atoms with Crippen molar-refractivity contribution in [2.75, 3.05) is 13.2 Å². The van der Waals surface area contributed by atoms with Gasteiger partial charge in [0.2, 0.25) is 0 Å². The summed E-state index contributed by atoms with van der Waals surface area (Å²) in [5, 5.41) is 35.6. The summed E-state index contributed by atoms with van der Waals surface area (Å²) < 4.78 is 4.51. The molecule has 0 aliphatic heterocycles. The fraction of sp³-hybridized carbons (Fsp3) is 0.778. The second-order valence-corrected chi connectivity index (χ2v) is 3.47. The SMILES string of the molecule is CC(O)C(=O)O[C@@H](C(=O)[C@@H](N)CO)[C@H](O)CO. The molecule has 6 N–H and O–H groups in total. The fourth-order valence-electron chi connectivity index (χ4n) is 0.947. The maximum atomic E-state index is 11.5. The lowest BCUT2D eigenvalue weighted by molar-refractivity contribution is -0.171. The average Bonchev–Trinajstić information content (AvgIpc) is 2.32. The zero-order chi connectivity index (χ0) is 13.6. The van der Waals surface area contributed by atoms with Gasteiger partial charge in [0.1, 0.15) is 12.2 Å². The number of hydrogen-bond donors (Lipinski definition) is 5. The van der Waals surface area contributed by atoms with Crippen LogP contribution in [-0.2, 0) is 14.3 Å². The Hall–Kier alpha value is -1.06.